The van der Waals surface area contributed by atoms with Crippen molar-refractivity contribution in [2.75, 3.05) is 13.2 Å². The van der Waals surface area contributed by atoms with Crippen molar-refractivity contribution in [1.82, 2.24) is 9.97 Å². The molecule has 5 nitrogen and oxygen atoms in total. The van der Waals surface area contributed by atoms with Gasteiger partial charge in [0.15, 0.2) is 11.5 Å². The average molecular weight is 269 g/mol. The third-order valence-corrected chi connectivity index (χ3v) is 3.20. The zero-order chi connectivity index (χ0) is 13.9. The summed E-state index contributed by atoms with van der Waals surface area (Å²) in [4.78, 5) is 7.60. The van der Waals surface area contributed by atoms with Gasteiger partial charge in [-0.2, -0.15) is 5.26 Å². The summed E-state index contributed by atoms with van der Waals surface area (Å²) in [5.41, 5.74) is 2.77. The lowest BCUT2D eigenvalue weighted by atomic mass is 10.1. The zero-order valence-electron chi connectivity index (χ0n) is 11.3. The van der Waals surface area contributed by atoms with Crippen LogP contribution in [-0.4, -0.2) is 23.2 Å². The summed E-state index contributed by atoms with van der Waals surface area (Å²) in [6, 6.07) is 7.92. The SMILES string of the molecule is Cc1[nH]c(CC#N)nc1-c1ccc2c(c1)OCCCO2. The third-order valence-electron chi connectivity index (χ3n) is 3.20. The molecular weight excluding hydrogens is 254 g/mol. The first-order chi connectivity index (χ1) is 9.78. The van der Waals surface area contributed by atoms with Crippen molar-refractivity contribution >= 4 is 0 Å². The molecule has 0 amide bonds. The fraction of sp³-hybridized carbons (Fsp3) is 0.333. The summed E-state index contributed by atoms with van der Waals surface area (Å²) in [6.07, 6.45) is 1.17. The van der Waals surface area contributed by atoms with E-state index in [1.807, 2.05) is 25.1 Å². The van der Waals surface area contributed by atoms with E-state index in [0.29, 0.717) is 19.0 Å². The maximum absolute atomic E-state index is 8.73. The van der Waals surface area contributed by atoms with Crippen LogP contribution in [0.3, 0.4) is 0 Å². The molecule has 102 valence electrons. The number of imidazole rings is 1. The van der Waals surface area contributed by atoms with Crippen LogP contribution in [0.4, 0.5) is 0 Å². The van der Waals surface area contributed by atoms with Crippen LogP contribution < -0.4 is 9.47 Å². The Kier molecular flexibility index (Phi) is 3.30. The van der Waals surface area contributed by atoms with Gasteiger partial charge in [-0.15, -0.1) is 0 Å². The Balaban J connectivity index is 1.98. The van der Waals surface area contributed by atoms with Crippen molar-refractivity contribution in [1.29, 1.82) is 5.26 Å². The second kappa shape index (κ2) is 5.25. The second-order valence-corrected chi connectivity index (χ2v) is 4.70. The van der Waals surface area contributed by atoms with Crippen molar-refractivity contribution < 1.29 is 9.47 Å². The molecule has 0 saturated carbocycles. The zero-order valence-corrected chi connectivity index (χ0v) is 11.3. The van der Waals surface area contributed by atoms with Crippen LogP contribution in [0.15, 0.2) is 18.2 Å². The molecule has 0 spiro atoms. The fourth-order valence-electron chi connectivity index (χ4n) is 2.27. The van der Waals surface area contributed by atoms with E-state index in [1.165, 1.54) is 0 Å². The molecule has 0 fully saturated rings. The van der Waals surface area contributed by atoms with Gasteiger partial charge in [-0.25, -0.2) is 4.98 Å². The molecule has 1 aromatic heterocycles. The number of nitrogens with zero attached hydrogens (tertiary/aromatic N) is 2. The number of nitrogens with one attached hydrogen (secondary N) is 1. The largest absolute Gasteiger partial charge is 0.490 e. The lowest BCUT2D eigenvalue weighted by molar-refractivity contribution is 0.297. The van der Waals surface area contributed by atoms with Crippen LogP contribution in [0.5, 0.6) is 11.5 Å². The van der Waals surface area contributed by atoms with Gasteiger partial charge < -0.3 is 14.5 Å². The predicted molar refractivity (Wildman–Crippen MR) is 73.7 cm³/mol. The first-order valence-corrected chi connectivity index (χ1v) is 6.60. The number of ether oxygens (including phenoxy) is 2. The van der Waals surface area contributed by atoms with Gasteiger partial charge in [0.25, 0.3) is 0 Å². The molecule has 2 heterocycles. The monoisotopic (exact) mass is 269 g/mol. The molecule has 0 atom stereocenters. The van der Waals surface area contributed by atoms with Gasteiger partial charge in [-0.1, -0.05) is 0 Å². The van der Waals surface area contributed by atoms with E-state index in [4.69, 9.17) is 14.7 Å². The maximum atomic E-state index is 8.73. The van der Waals surface area contributed by atoms with Gasteiger partial charge in [0.2, 0.25) is 0 Å². The summed E-state index contributed by atoms with van der Waals surface area (Å²) in [5, 5.41) is 8.73. The molecule has 0 unspecified atom stereocenters. The molecule has 20 heavy (non-hydrogen) atoms. The van der Waals surface area contributed by atoms with Gasteiger partial charge in [-0.05, 0) is 25.1 Å². The molecule has 1 aromatic carbocycles. The normalized spacial score (nSPS) is 13.6. The summed E-state index contributed by atoms with van der Waals surface area (Å²) >= 11 is 0. The quantitative estimate of drug-likeness (QED) is 0.909. The molecule has 0 saturated heterocycles. The minimum atomic E-state index is 0.283. The first-order valence-electron chi connectivity index (χ1n) is 6.60. The van der Waals surface area contributed by atoms with Gasteiger partial charge in [-0.3, -0.25) is 0 Å². The Morgan fingerprint density at radius 3 is 2.90 bits per heavy atom. The molecule has 0 bridgehead atoms. The van der Waals surface area contributed by atoms with Crippen LogP contribution in [0.2, 0.25) is 0 Å². The molecule has 0 aliphatic carbocycles. The molecule has 1 N–H and O–H groups in total. The fourth-order valence-corrected chi connectivity index (χ4v) is 2.27. The Bertz CT molecular complexity index is 670. The number of aromatic nitrogens is 2. The van der Waals surface area contributed by atoms with Crippen molar-refractivity contribution in [3.8, 4) is 28.8 Å². The summed E-state index contributed by atoms with van der Waals surface area (Å²) in [7, 11) is 0. The molecule has 0 radical (unpaired) electrons. The van der Waals surface area contributed by atoms with E-state index in [0.717, 1.165) is 34.9 Å². The van der Waals surface area contributed by atoms with Crippen LogP contribution in [0, 0.1) is 18.3 Å². The van der Waals surface area contributed by atoms with Crippen molar-refractivity contribution in [3.63, 3.8) is 0 Å². The van der Waals surface area contributed by atoms with E-state index in [9.17, 15) is 0 Å². The lowest BCUT2D eigenvalue weighted by Crippen LogP contribution is -1.97. The summed E-state index contributed by atoms with van der Waals surface area (Å²) in [6.45, 7) is 3.29. The van der Waals surface area contributed by atoms with Crippen LogP contribution in [0.1, 0.15) is 17.9 Å². The molecule has 2 aromatic rings. The highest BCUT2D eigenvalue weighted by atomic mass is 16.5. The highest BCUT2D eigenvalue weighted by Gasteiger charge is 2.14. The van der Waals surface area contributed by atoms with Crippen LogP contribution in [-0.2, 0) is 6.42 Å². The van der Waals surface area contributed by atoms with E-state index in [2.05, 4.69) is 16.0 Å². The number of nitriles is 1. The maximum Gasteiger partial charge on any atom is 0.161 e. The van der Waals surface area contributed by atoms with Crippen molar-refractivity contribution in [2.24, 2.45) is 0 Å². The highest BCUT2D eigenvalue weighted by molar-refractivity contribution is 5.66. The predicted octanol–water partition coefficient (Wildman–Crippen LogP) is 2.61. The lowest BCUT2D eigenvalue weighted by Gasteiger charge is -2.08. The molecular formula is C15H15N3O2. The number of H-pyrrole nitrogens is 1. The van der Waals surface area contributed by atoms with Gasteiger partial charge in [0.1, 0.15) is 5.82 Å². The number of rotatable bonds is 2. The number of aryl methyl sites for hydroxylation is 1. The molecule has 5 heteroatoms. The minimum Gasteiger partial charge on any atom is -0.490 e. The number of aromatic amines is 1. The standard InChI is InChI=1S/C15H15N3O2/c1-10-15(18-14(17-10)5-6-16)11-3-4-12-13(9-11)20-8-2-7-19-12/h3-4,9H,2,5,7-8H2,1H3,(H,17,18). The average Bonchev–Trinajstić information content (AvgIpc) is 2.68. The Morgan fingerprint density at radius 1 is 1.30 bits per heavy atom. The van der Waals surface area contributed by atoms with Crippen LogP contribution >= 0.6 is 0 Å². The number of benzene rings is 1. The number of hydrogen-bond acceptors (Lipinski definition) is 4. The van der Waals surface area contributed by atoms with Crippen molar-refractivity contribution in [2.45, 2.75) is 19.8 Å². The van der Waals surface area contributed by atoms with Gasteiger partial charge >= 0.3 is 0 Å². The van der Waals surface area contributed by atoms with E-state index < -0.39 is 0 Å². The Morgan fingerprint density at radius 2 is 2.10 bits per heavy atom. The Hall–Kier alpha value is -2.48. The smallest absolute Gasteiger partial charge is 0.161 e. The molecule has 1 aliphatic rings. The number of fused-ring (bicyclic) bond motifs is 1. The topological polar surface area (TPSA) is 70.9 Å². The van der Waals surface area contributed by atoms with E-state index in [-0.39, 0.29) is 6.42 Å². The van der Waals surface area contributed by atoms with E-state index in [1.54, 1.807) is 0 Å². The minimum absolute atomic E-state index is 0.283. The first kappa shape index (κ1) is 12.5. The highest BCUT2D eigenvalue weighted by Crippen LogP contribution is 2.34. The van der Waals surface area contributed by atoms with E-state index >= 15 is 0 Å². The van der Waals surface area contributed by atoms with Gasteiger partial charge in [0, 0.05) is 17.7 Å². The van der Waals surface area contributed by atoms with Gasteiger partial charge in [0.05, 0.1) is 31.4 Å². The molecule has 3 rings (SSSR count). The van der Waals surface area contributed by atoms with Crippen molar-refractivity contribution in [3.05, 3.63) is 29.7 Å². The number of hydrogen-bond donors (Lipinski definition) is 1. The third kappa shape index (κ3) is 2.32. The second-order valence-electron chi connectivity index (χ2n) is 4.70. The molecule has 1 aliphatic heterocycles. The summed E-state index contributed by atoms with van der Waals surface area (Å²) < 4.78 is 11.3. The summed E-state index contributed by atoms with van der Waals surface area (Å²) in [5.74, 6) is 2.22. The Labute approximate surface area is 117 Å². The van der Waals surface area contributed by atoms with Crippen LogP contribution in [0.25, 0.3) is 11.3 Å².